The monoisotopic (exact) mass is 715 g/mol. The van der Waals surface area contributed by atoms with Crippen molar-refractivity contribution in [2.75, 3.05) is 6.54 Å². The van der Waals surface area contributed by atoms with Crippen molar-refractivity contribution in [2.24, 2.45) is 34.5 Å². The molecule has 1 aliphatic heterocycles. The maximum Gasteiger partial charge on any atom is 0.288 e. The van der Waals surface area contributed by atoms with Crippen LogP contribution in [-0.2, 0) is 24.0 Å². The number of rotatable bonds is 15. The van der Waals surface area contributed by atoms with E-state index in [0.29, 0.717) is 19.4 Å². The highest BCUT2D eigenvalue weighted by Crippen LogP contribution is 2.45. The molecule has 1 aromatic heterocycles. The molecule has 1 saturated carbocycles. The van der Waals surface area contributed by atoms with E-state index in [-0.39, 0.29) is 53.9 Å². The predicted octanol–water partition coefficient (Wildman–Crippen LogP) is 5.69. The van der Waals surface area contributed by atoms with Gasteiger partial charge in [0.05, 0.1) is 24.3 Å². The zero-order chi connectivity index (χ0) is 38.4. The summed E-state index contributed by atoms with van der Waals surface area (Å²) in [6, 6.07) is 7.35. The molecule has 52 heavy (non-hydrogen) atoms. The number of likely N-dealkylation sites (tertiary alicyclic amines) is 1. The topological polar surface area (TPSA) is 156 Å². The van der Waals surface area contributed by atoms with Gasteiger partial charge in [-0.2, -0.15) is 0 Å². The van der Waals surface area contributed by atoms with E-state index >= 15 is 0 Å². The standard InChI is InChI=1S/C41H57N5O6/c1-9-14-27(35(49)38(51)44-25(2)26-15-11-10-12-16-26)21-32(47)34-29-18-13-17-28(29)24-46(34)39(52)30(40(3,4)5)22-33(48)36(41(6,7)8)45-37(50)31-23-42-19-20-43-31/h10-12,15-16,19-20,23,25,27-30,34,36H,9,13-14,17-18,21-22,24H2,1-8H3,(H,44,51)(H,45,50)/t25-,27+,28-,29-,30+,34-,36+/m0/s1. The summed E-state index contributed by atoms with van der Waals surface area (Å²) < 4.78 is 0. The Labute approximate surface area is 308 Å². The molecule has 0 spiro atoms. The van der Waals surface area contributed by atoms with Crippen LogP contribution >= 0.6 is 0 Å². The van der Waals surface area contributed by atoms with Gasteiger partial charge in [0.1, 0.15) is 5.69 Å². The number of amides is 3. The predicted molar refractivity (Wildman–Crippen MR) is 198 cm³/mol. The minimum atomic E-state index is -0.911. The van der Waals surface area contributed by atoms with E-state index in [9.17, 15) is 28.8 Å². The van der Waals surface area contributed by atoms with E-state index in [1.165, 1.54) is 18.6 Å². The van der Waals surface area contributed by atoms with Crippen LogP contribution < -0.4 is 10.6 Å². The first kappa shape index (κ1) is 40.5. The number of ketones is 3. The van der Waals surface area contributed by atoms with Gasteiger partial charge in [-0.1, -0.05) is 91.6 Å². The molecule has 1 saturated heterocycles. The lowest BCUT2D eigenvalue weighted by Gasteiger charge is -2.38. The second kappa shape index (κ2) is 17.0. The van der Waals surface area contributed by atoms with Gasteiger partial charge >= 0.3 is 0 Å². The number of benzene rings is 1. The summed E-state index contributed by atoms with van der Waals surface area (Å²) in [6.45, 7) is 15.4. The van der Waals surface area contributed by atoms with Crippen LogP contribution in [0.3, 0.4) is 0 Å². The van der Waals surface area contributed by atoms with E-state index in [4.69, 9.17) is 0 Å². The number of aromatic nitrogens is 2. The van der Waals surface area contributed by atoms with Crippen molar-refractivity contribution in [3.63, 3.8) is 0 Å². The average Bonchev–Trinajstić information content (AvgIpc) is 3.70. The van der Waals surface area contributed by atoms with Gasteiger partial charge < -0.3 is 15.5 Å². The largest absolute Gasteiger partial charge is 0.343 e. The highest BCUT2D eigenvalue weighted by atomic mass is 16.2. The molecule has 2 aromatic rings. The number of Topliss-reactive ketones (excluding diaryl/α,β-unsaturated/α-hetero) is 3. The zero-order valence-corrected chi connectivity index (χ0v) is 32.1. The Morgan fingerprint density at radius 3 is 2.19 bits per heavy atom. The van der Waals surface area contributed by atoms with E-state index in [0.717, 1.165) is 24.8 Å². The van der Waals surface area contributed by atoms with Crippen LogP contribution in [0.5, 0.6) is 0 Å². The van der Waals surface area contributed by atoms with Crippen molar-refractivity contribution >= 4 is 35.1 Å². The zero-order valence-electron chi connectivity index (χ0n) is 32.1. The molecule has 1 aliphatic carbocycles. The minimum Gasteiger partial charge on any atom is -0.343 e. The minimum absolute atomic E-state index is 0.0364. The van der Waals surface area contributed by atoms with Crippen LogP contribution in [0.4, 0.5) is 0 Å². The van der Waals surface area contributed by atoms with Gasteiger partial charge in [-0.05, 0) is 54.4 Å². The van der Waals surface area contributed by atoms with Gasteiger partial charge in [-0.15, -0.1) is 0 Å². The second-order valence-corrected chi connectivity index (χ2v) is 16.9. The lowest BCUT2D eigenvalue weighted by Crippen LogP contribution is -2.53. The molecular weight excluding hydrogens is 658 g/mol. The van der Waals surface area contributed by atoms with Gasteiger partial charge in [0, 0.05) is 43.6 Å². The normalized spacial score (nSPS) is 21.0. The van der Waals surface area contributed by atoms with Crippen molar-refractivity contribution in [1.82, 2.24) is 25.5 Å². The first-order valence-corrected chi connectivity index (χ1v) is 18.8. The van der Waals surface area contributed by atoms with Gasteiger partial charge in [-0.25, -0.2) is 4.98 Å². The quantitative estimate of drug-likeness (QED) is 0.223. The molecule has 3 amide bonds. The van der Waals surface area contributed by atoms with Crippen molar-refractivity contribution in [3.8, 4) is 0 Å². The molecule has 2 N–H and O–H groups in total. The summed E-state index contributed by atoms with van der Waals surface area (Å²) in [7, 11) is 0. The summed E-state index contributed by atoms with van der Waals surface area (Å²) in [5, 5.41) is 5.64. The van der Waals surface area contributed by atoms with Crippen molar-refractivity contribution in [3.05, 3.63) is 60.2 Å². The summed E-state index contributed by atoms with van der Waals surface area (Å²) in [5.41, 5.74) is -0.368. The third kappa shape index (κ3) is 9.77. The number of nitrogens with one attached hydrogen (secondary N) is 2. The Bertz CT molecular complexity index is 1600. The van der Waals surface area contributed by atoms with E-state index in [1.807, 2.05) is 85.7 Å². The van der Waals surface area contributed by atoms with E-state index in [1.54, 1.807) is 4.90 Å². The van der Waals surface area contributed by atoms with Gasteiger partial charge in [0.25, 0.3) is 11.8 Å². The summed E-state index contributed by atoms with van der Waals surface area (Å²) >= 11 is 0. The molecule has 7 atom stereocenters. The maximum absolute atomic E-state index is 14.7. The van der Waals surface area contributed by atoms with Crippen LogP contribution in [-0.4, -0.2) is 68.6 Å². The lowest BCUT2D eigenvalue weighted by molar-refractivity contribution is -0.148. The fraction of sp³-hybridized carbons (Fsp3) is 0.610. The first-order valence-electron chi connectivity index (χ1n) is 18.8. The molecule has 2 aliphatic rings. The number of carbonyl (C=O) groups is 6. The summed E-state index contributed by atoms with van der Waals surface area (Å²) in [4.78, 5) is 92.6. The van der Waals surface area contributed by atoms with Crippen molar-refractivity contribution < 1.29 is 28.8 Å². The smallest absolute Gasteiger partial charge is 0.288 e. The molecule has 0 unspecified atom stereocenters. The molecule has 0 radical (unpaired) electrons. The number of hydrogen-bond donors (Lipinski definition) is 2. The number of carbonyl (C=O) groups excluding carboxylic acids is 6. The molecule has 282 valence electrons. The van der Waals surface area contributed by atoms with Crippen LogP contribution in [0, 0.1) is 34.5 Å². The third-order valence-corrected chi connectivity index (χ3v) is 10.8. The second-order valence-electron chi connectivity index (χ2n) is 16.9. The summed E-state index contributed by atoms with van der Waals surface area (Å²) in [5.74, 6) is -4.09. The highest BCUT2D eigenvalue weighted by molar-refractivity contribution is 6.37. The molecule has 11 heteroatoms. The van der Waals surface area contributed by atoms with Gasteiger partial charge in [0.15, 0.2) is 11.6 Å². The Morgan fingerprint density at radius 1 is 0.904 bits per heavy atom. The Hall–Kier alpha value is -4.28. The number of nitrogens with zero attached hydrogens (tertiary/aromatic N) is 3. The number of hydrogen-bond acceptors (Lipinski definition) is 8. The Kier molecular flexibility index (Phi) is 13.3. The van der Waals surface area contributed by atoms with Gasteiger partial charge in [0.2, 0.25) is 11.7 Å². The Morgan fingerprint density at radius 2 is 1.60 bits per heavy atom. The molecular formula is C41H57N5O6. The molecule has 2 fully saturated rings. The fourth-order valence-electron chi connectivity index (χ4n) is 7.95. The molecule has 2 heterocycles. The average molecular weight is 716 g/mol. The highest BCUT2D eigenvalue weighted by Gasteiger charge is 2.52. The Balaban J connectivity index is 1.54. The van der Waals surface area contributed by atoms with E-state index in [2.05, 4.69) is 20.6 Å². The fourth-order valence-corrected chi connectivity index (χ4v) is 7.95. The molecule has 4 rings (SSSR count). The number of fused-ring (bicyclic) bond motifs is 1. The summed E-state index contributed by atoms with van der Waals surface area (Å²) in [6.07, 6.45) is 7.58. The van der Waals surface area contributed by atoms with Crippen molar-refractivity contribution in [1.29, 1.82) is 0 Å². The maximum atomic E-state index is 14.7. The van der Waals surface area contributed by atoms with Gasteiger partial charge in [-0.3, -0.25) is 33.8 Å². The lowest BCUT2D eigenvalue weighted by atomic mass is 9.73. The first-order chi connectivity index (χ1) is 24.4. The molecule has 11 nitrogen and oxygen atoms in total. The van der Waals surface area contributed by atoms with Crippen molar-refractivity contribution in [2.45, 2.75) is 118 Å². The van der Waals surface area contributed by atoms with Crippen LogP contribution in [0.25, 0.3) is 0 Å². The van der Waals surface area contributed by atoms with E-state index < -0.39 is 52.3 Å². The molecule has 1 aromatic carbocycles. The van der Waals surface area contributed by atoms with Crippen LogP contribution in [0.1, 0.15) is 122 Å². The van der Waals surface area contributed by atoms with Crippen LogP contribution in [0.2, 0.25) is 0 Å². The van der Waals surface area contributed by atoms with Crippen LogP contribution in [0.15, 0.2) is 48.9 Å². The third-order valence-electron chi connectivity index (χ3n) is 10.8. The molecule has 0 bridgehead atoms. The SMILES string of the molecule is CCC[C@H](CC(=O)[C@@H]1[C@H]2CCC[C@H]2CN1C(=O)[C@@H](CC(=O)[C@@H](NC(=O)c1cnccn1)C(C)(C)C)C(C)(C)C)C(=O)C(=O)N[C@@H](C)c1ccccc1.